The van der Waals surface area contributed by atoms with Crippen molar-refractivity contribution >= 4 is 22.9 Å². The number of nitrogens with one attached hydrogen (secondary N) is 1. The van der Waals surface area contributed by atoms with E-state index in [9.17, 15) is 14.4 Å². The summed E-state index contributed by atoms with van der Waals surface area (Å²) in [6, 6.07) is 14.1. The summed E-state index contributed by atoms with van der Waals surface area (Å²) < 4.78 is 1.81. The van der Waals surface area contributed by atoms with E-state index in [0.29, 0.717) is 13.1 Å². The lowest BCUT2D eigenvalue weighted by atomic mass is 10.0. The highest BCUT2D eigenvalue weighted by atomic mass is 16.4. The molecule has 3 aromatic rings. The van der Waals surface area contributed by atoms with E-state index in [2.05, 4.69) is 4.98 Å². The number of aromatic nitrogens is 2. The van der Waals surface area contributed by atoms with Crippen LogP contribution in [0.2, 0.25) is 0 Å². The normalized spacial score (nSPS) is 15.1. The van der Waals surface area contributed by atoms with Gasteiger partial charge in [0.05, 0.1) is 23.0 Å². The Morgan fingerprint density at radius 3 is 2.39 bits per heavy atom. The summed E-state index contributed by atoms with van der Waals surface area (Å²) >= 11 is 0. The SMILES string of the molecule is O=C(O)c1ccc(CC(=O)N2CCC(n3c(=O)[nH]c4ccccc43)CC2)cc1. The lowest BCUT2D eigenvalue weighted by Crippen LogP contribution is -2.41. The van der Waals surface area contributed by atoms with Gasteiger partial charge in [0, 0.05) is 19.1 Å². The van der Waals surface area contributed by atoms with Crippen LogP contribution in [-0.4, -0.2) is 44.5 Å². The molecule has 2 N–H and O–H groups in total. The molecule has 0 unspecified atom stereocenters. The van der Waals surface area contributed by atoms with Crippen LogP contribution >= 0.6 is 0 Å². The molecular formula is C21H21N3O4. The van der Waals surface area contributed by atoms with Gasteiger partial charge in [-0.15, -0.1) is 0 Å². The number of para-hydroxylation sites is 2. The van der Waals surface area contributed by atoms with Crippen LogP contribution in [0.3, 0.4) is 0 Å². The van der Waals surface area contributed by atoms with Crippen molar-refractivity contribution in [2.75, 3.05) is 13.1 Å². The second-order valence-corrected chi connectivity index (χ2v) is 7.11. The zero-order valence-electron chi connectivity index (χ0n) is 15.3. The second-order valence-electron chi connectivity index (χ2n) is 7.11. The zero-order valence-corrected chi connectivity index (χ0v) is 15.3. The Hall–Kier alpha value is -3.35. The van der Waals surface area contributed by atoms with Gasteiger partial charge in [-0.1, -0.05) is 24.3 Å². The number of hydrogen-bond acceptors (Lipinski definition) is 3. The van der Waals surface area contributed by atoms with E-state index in [1.165, 1.54) is 12.1 Å². The summed E-state index contributed by atoms with van der Waals surface area (Å²) in [7, 11) is 0. The topological polar surface area (TPSA) is 95.4 Å². The molecule has 0 aliphatic carbocycles. The molecule has 4 rings (SSSR count). The molecular weight excluding hydrogens is 358 g/mol. The number of rotatable bonds is 4. The first-order valence-corrected chi connectivity index (χ1v) is 9.32. The fourth-order valence-electron chi connectivity index (χ4n) is 3.86. The van der Waals surface area contributed by atoms with E-state index in [1.807, 2.05) is 33.7 Å². The number of nitrogens with zero attached hydrogens (tertiary/aromatic N) is 2. The Bertz CT molecular complexity index is 1070. The predicted molar refractivity (Wildman–Crippen MR) is 105 cm³/mol. The number of carboxylic acid groups (broad SMARTS) is 1. The number of imidazole rings is 1. The summed E-state index contributed by atoms with van der Waals surface area (Å²) in [6.45, 7) is 1.20. The summed E-state index contributed by atoms with van der Waals surface area (Å²) in [6.07, 6.45) is 1.70. The number of hydrogen-bond donors (Lipinski definition) is 2. The third kappa shape index (κ3) is 3.43. The summed E-state index contributed by atoms with van der Waals surface area (Å²) in [4.78, 5) is 40.6. The molecule has 1 fully saturated rings. The molecule has 0 spiro atoms. The molecule has 144 valence electrons. The number of fused-ring (bicyclic) bond motifs is 1. The van der Waals surface area contributed by atoms with Crippen molar-refractivity contribution in [1.29, 1.82) is 0 Å². The smallest absolute Gasteiger partial charge is 0.335 e. The van der Waals surface area contributed by atoms with E-state index < -0.39 is 5.97 Å². The largest absolute Gasteiger partial charge is 0.478 e. The quantitative estimate of drug-likeness (QED) is 0.728. The van der Waals surface area contributed by atoms with E-state index >= 15 is 0 Å². The first-order valence-electron chi connectivity index (χ1n) is 9.32. The van der Waals surface area contributed by atoms with E-state index in [1.54, 1.807) is 12.1 Å². The Balaban J connectivity index is 1.41. The molecule has 7 nitrogen and oxygen atoms in total. The van der Waals surface area contributed by atoms with Gasteiger partial charge in [-0.2, -0.15) is 0 Å². The summed E-state index contributed by atoms with van der Waals surface area (Å²) in [5.41, 5.74) is 2.63. The van der Waals surface area contributed by atoms with Crippen LogP contribution in [0.5, 0.6) is 0 Å². The molecule has 28 heavy (non-hydrogen) atoms. The number of benzene rings is 2. The molecule has 0 saturated carbocycles. The van der Waals surface area contributed by atoms with Crippen LogP contribution in [0.1, 0.15) is 34.8 Å². The Labute approximate surface area is 161 Å². The van der Waals surface area contributed by atoms with Crippen molar-refractivity contribution in [3.05, 3.63) is 70.1 Å². The lowest BCUT2D eigenvalue weighted by Gasteiger charge is -2.32. The Kier molecular flexibility index (Phi) is 4.73. The number of carboxylic acids is 1. The van der Waals surface area contributed by atoms with Crippen molar-refractivity contribution in [3.63, 3.8) is 0 Å². The number of carbonyl (C=O) groups is 2. The van der Waals surface area contributed by atoms with Gasteiger partial charge >= 0.3 is 11.7 Å². The molecule has 2 heterocycles. The van der Waals surface area contributed by atoms with E-state index in [-0.39, 0.29) is 29.6 Å². The molecule has 7 heteroatoms. The number of carbonyl (C=O) groups excluding carboxylic acids is 1. The predicted octanol–water partition coefficient (Wildman–Crippen LogP) is 2.43. The fraction of sp³-hybridized carbons (Fsp3) is 0.286. The molecule has 0 atom stereocenters. The van der Waals surface area contributed by atoms with Gasteiger partial charge in [0.15, 0.2) is 0 Å². The van der Waals surface area contributed by atoms with Crippen molar-refractivity contribution in [1.82, 2.24) is 14.5 Å². The van der Waals surface area contributed by atoms with Crippen molar-refractivity contribution in [3.8, 4) is 0 Å². The minimum atomic E-state index is -0.979. The standard InChI is InChI=1S/C21H21N3O4/c25-19(13-14-5-7-15(8-6-14)20(26)27)23-11-9-16(10-12-23)24-18-4-2-1-3-17(18)22-21(24)28/h1-8,16H,9-13H2,(H,22,28)(H,26,27). The number of piperidine rings is 1. The van der Waals surface area contributed by atoms with Gasteiger partial charge in [-0.3, -0.25) is 9.36 Å². The highest BCUT2D eigenvalue weighted by Crippen LogP contribution is 2.25. The minimum Gasteiger partial charge on any atom is -0.478 e. The fourth-order valence-corrected chi connectivity index (χ4v) is 3.86. The number of aromatic amines is 1. The van der Waals surface area contributed by atoms with Gasteiger partial charge < -0.3 is 15.0 Å². The van der Waals surface area contributed by atoms with Gasteiger partial charge in [-0.25, -0.2) is 9.59 Å². The average molecular weight is 379 g/mol. The van der Waals surface area contributed by atoms with Crippen molar-refractivity contribution in [2.24, 2.45) is 0 Å². The molecule has 0 bridgehead atoms. The molecule has 1 aromatic heterocycles. The molecule has 0 radical (unpaired) electrons. The third-order valence-electron chi connectivity index (χ3n) is 5.36. The summed E-state index contributed by atoms with van der Waals surface area (Å²) in [5, 5.41) is 8.95. The van der Waals surface area contributed by atoms with Gasteiger partial charge in [-0.05, 0) is 42.7 Å². The zero-order chi connectivity index (χ0) is 19.7. The Morgan fingerprint density at radius 1 is 1.04 bits per heavy atom. The number of H-pyrrole nitrogens is 1. The van der Waals surface area contributed by atoms with Crippen LogP contribution in [0.4, 0.5) is 0 Å². The highest BCUT2D eigenvalue weighted by molar-refractivity contribution is 5.87. The van der Waals surface area contributed by atoms with E-state index in [0.717, 1.165) is 29.4 Å². The molecule has 1 aliphatic heterocycles. The maximum absolute atomic E-state index is 12.6. The molecule has 1 amide bonds. The first-order chi connectivity index (χ1) is 13.5. The number of likely N-dealkylation sites (tertiary alicyclic amines) is 1. The molecule has 1 saturated heterocycles. The van der Waals surface area contributed by atoms with Crippen LogP contribution in [0.25, 0.3) is 11.0 Å². The molecule has 1 aliphatic rings. The third-order valence-corrected chi connectivity index (χ3v) is 5.36. The van der Waals surface area contributed by atoms with E-state index in [4.69, 9.17) is 5.11 Å². The number of amides is 1. The maximum Gasteiger partial charge on any atom is 0.335 e. The second kappa shape index (κ2) is 7.34. The van der Waals surface area contributed by atoms with Gasteiger partial charge in [0.2, 0.25) is 5.91 Å². The van der Waals surface area contributed by atoms with Crippen LogP contribution in [-0.2, 0) is 11.2 Å². The van der Waals surface area contributed by atoms with Crippen LogP contribution in [0.15, 0.2) is 53.3 Å². The van der Waals surface area contributed by atoms with Crippen molar-refractivity contribution < 1.29 is 14.7 Å². The monoisotopic (exact) mass is 379 g/mol. The first kappa shape index (κ1) is 18.0. The van der Waals surface area contributed by atoms with Crippen LogP contribution in [0, 0.1) is 0 Å². The summed E-state index contributed by atoms with van der Waals surface area (Å²) in [5.74, 6) is -0.958. The minimum absolute atomic E-state index is 0.0211. The highest BCUT2D eigenvalue weighted by Gasteiger charge is 2.26. The van der Waals surface area contributed by atoms with Crippen LogP contribution < -0.4 is 5.69 Å². The molecule has 2 aromatic carbocycles. The Morgan fingerprint density at radius 2 is 1.71 bits per heavy atom. The number of aromatic carboxylic acids is 1. The van der Waals surface area contributed by atoms with Gasteiger partial charge in [0.1, 0.15) is 0 Å². The van der Waals surface area contributed by atoms with Gasteiger partial charge in [0.25, 0.3) is 0 Å². The van der Waals surface area contributed by atoms with Crippen molar-refractivity contribution in [2.45, 2.75) is 25.3 Å². The lowest BCUT2D eigenvalue weighted by molar-refractivity contribution is -0.131. The maximum atomic E-state index is 12.6. The average Bonchev–Trinajstić information content (AvgIpc) is 3.04.